The van der Waals surface area contributed by atoms with Gasteiger partial charge in [0.25, 0.3) is 5.91 Å². The highest BCUT2D eigenvalue weighted by Gasteiger charge is 2.32. The molecule has 0 saturated carbocycles. The Labute approximate surface area is 182 Å². The number of hydrogen-bond donors (Lipinski definition) is 2. The number of benzene rings is 3. The number of carbonyl (C=O) groups is 1. The Balaban J connectivity index is 1.75. The molecule has 0 fully saturated rings. The summed E-state index contributed by atoms with van der Waals surface area (Å²) in [6.07, 6.45) is -4.41. The highest BCUT2D eigenvalue weighted by Crippen LogP contribution is 2.33. The van der Waals surface area contributed by atoms with Crippen molar-refractivity contribution in [2.75, 3.05) is 11.9 Å². The predicted molar refractivity (Wildman–Crippen MR) is 113 cm³/mol. The molecule has 4 nitrogen and oxygen atoms in total. The number of rotatable bonds is 6. The van der Waals surface area contributed by atoms with Crippen LogP contribution in [0.2, 0.25) is 5.02 Å². The molecule has 0 atom stereocenters. The van der Waals surface area contributed by atoms with Crippen molar-refractivity contribution in [3.63, 3.8) is 0 Å². The van der Waals surface area contributed by atoms with Crippen molar-refractivity contribution in [1.82, 2.24) is 0 Å². The molecule has 3 rings (SSSR count). The molecule has 0 aliphatic carbocycles. The lowest BCUT2D eigenvalue weighted by molar-refractivity contribution is -0.138. The quantitative estimate of drug-likeness (QED) is 0.468. The van der Waals surface area contributed by atoms with Crippen molar-refractivity contribution >= 4 is 23.2 Å². The van der Waals surface area contributed by atoms with Crippen LogP contribution in [0.15, 0.2) is 60.7 Å². The number of anilines is 1. The summed E-state index contributed by atoms with van der Waals surface area (Å²) in [7, 11) is 0. The lowest BCUT2D eigenvalue weighted by Gasteiger charge is -2.16. The van der Waals surface area contributed by atoms with Crippen LogP contribution in [0.5, 0.6) is 11.5 Å². The minimum Gasteiger partial charge on any atom is -0.507 e. The molecule has 0 saturated heterocycles. The van der Waals surface area contributed by atoms with Crippen LogP contribution < -0.4 is 10.1 Å². The standard InChI is InChI=1S/C23H19ClF3NO3/c1-14-6-9-21(31-11-10-15-4-2-3-5-18(15)23(25,26)27)19(12-14)28-22(30)17-13-16(24)7-8-20(17)29/h2-9,12-13,29H,10-11H2,1H3,(H,28,30). The minimum atomic E-state index is -4.45. The smallest absolute Gasteiger partial charge is 0.416 e. The Morgan fingerprint density at radius 1 is 1.10 bits per heavy atom. The predicted octanol–water partition coefficient (Wildman–Crippen LogP) is 6.25. The molecule has 2 N–H and O–H groups in total. The Hall–Kier alpha value is -3.19. The van der Waals surface area contributed by atoms with E-state index in [4.69, 9.17) is 16.3 Å². The summed E-state index contributed by atoms with van der Waals surface area (Å²) in [4.78, 5) is 12.6. The number of phenolic OH excluding ortho intramolecular Hbond substituents is 1. The van der Waals surface area contributed by atoms with Crippen molar-refractivity contribution in [1.29, 1.82) is 0 Å². The van der Waals surface area contributed by atoms with Crippen LogP contribution >= 0.6 is 11.6 Å². The number of carbonyl (C=O) groups excluding carboxylic acids is 1. The van der Waals surface area contributed by atoms with E-state index in [1.807, 2.05) is 6.92 Å². The van der Waals surface area contributed by atoms with Gasteiger partial charge in [-0.1, -0.05) is 35.9 Å². The van der Waals surface area contributed by atoms with E-state index < -0.39 is 17.6 Å². The van der Waals surface area contributed by atoms with E-state index in [9.17, 15) is 23.1 Å². The van der Waals surface area contributed by atoms with Gasteiger partial charge in [-0.05, 0) is 54.4 Å². The second-order valence-corrected chi connectivity index (χ2v) is 7.31. The second kappa shape index (κ2) is 9.31. The largest absolute Gasteiger partial charge is 0.507 e. The molecule has 0 bridgehead atoms. The maximum Gasteiger partial charge on any atom is 0.416 e. The normalized spacial score (nSPS) is 11.3. The first kappa shape index (κ1) is 22.5. The number of ether oxygens (including phenoxy) is 1. The van der Waals surface area contributed by atoms with Gasteiger partial charge in [0.1, 0.15) is 11.5 Å². The highest BCUT2D eigenvalue weighted by molar-refractivity contribution is 6.31. The monoisotopic (exact) mass is 449 g/mol. The number of aryl methyl sites for hydroxylation is 1. The van der Waals surface area contributed by atoms with Crippen molar-refractivity contribution in [2.45, 2.75) is 19.5 Å². The first-order valence-electron chi connectivity index (χ1n) is 9.33. The number of phenols is 1. The number of nitrogens with one attached hydrogen (secondary N) is 1. The molecular formula is C23H19ClF3NO3. The average Bonchev–Trinajstić information content (AvgIpc) is 2.71. The van der Waals surface area contributed by atoms with Gasteiger partial charge in [0.2, 0.25) is 0 Å². The third kappa shape index (κ3) is 5.70. The van der Waals surface area contributed by atoms with Gasteiger partial charge in [-0.2, -0.15) is 13.2 Å². The molecule has 8 heteroatoms. The summed E-state index contributed by atoms with van der Waals surface area (Å²) >= 11 is 5.90. The molecule has 31 heavy (non-hydrogen) atoms. The molecule has 0 heterocycles. The molecule has 0 spiro atoms. The van der Waals surface area contributed by atoms with Crippen molar-refractivity contribution in [3.05, 3.63) is 87.9 Å². The van der Waals surface area contributed by atoms with E-state index in [0.29, 0.717) is 11.4 Å². The molecule has 3 aromatic carbocycles. The van der Waals surface area contributed by atoms with Gasteiger partial charge in [0, 0.05) is 11.4 Å². The summed E-state index contributed by atoms with van der Waals surface area (Å²) in [5.41, 5.74) is 0.567. The zero-order valence-electron chi connectivity index (χ0n) is 16.5. The van der Waals surface area contributed by atoms with Gasteiger partial charge in [-0.3, -0.25) is 4.79 Å². The van der Waals surface area contributed by atoms with Gasteiger partial charge >= 0.3 is 6.18 Å². The number of aromatic hydroxyl groups is 1. The summed E-state index contributed by atoms with van der Waals surface area (Å²) in [5.74, 6) is -0.538. The molecule has 0 aliphatic rings. The second-order valence-electron chi connectivity index (χ2n) is 6.87. The Morgan fingerprint density at radius 3 is 2.58 bits per heavy atom. The van der Waals surface area contributed by atoms with Gasteiger partial charge in [0.15, 0.2) is 0 Å². The molecule has 0 unspecified atom stereocenters. The molecule has 3 aromatic rings. The fourth-order valence-corrected chi connectivity index (χ4v) is 3.21. The molecule has 162 valence electrons. The highest BCUT2D eigenvalue weighted by atomic mass is 35.5. The van der Waals surface area contributed by atoms with E-state index in [0.717, 1.165) is 11.6 Å². The number of halogens is 4. The van der Waals surface area contributed by atoms with E-state index >= 15 is 0 Å². The Morgan fingerprint density at radius 2 is 1.84 bits per heavy atom. The molecule has 0 radical (unpaired) electrons. The first-order valence-corrected chi connectivity index (χ1v) is 9.71. The SMILES string of the molecule is Cc1ccc(OCCc2ccccc2C(F)(F)F)c(NC(=O)c2cc(Cl)ccc2O)c1. The topological polar surface area (TPSA) is 58.6 Å². The lowest BCUT2D eigenvalue weighted by Crippen LogP contribution is -2.14. The van der Waals surface area contributed by atoms with Crippen molar-refractivity contribution in [3.8, 4) is 11.5 Å². The van der Waals surface area contributed by atoms with Gasteiger partial charge < -0.3 is 15.2 Å². The summed E-state index contributed by atoms with van der Waals surface area (Å²) < 4.78 is 45.1. The van der Waals surface area contributed by atoms with Crippen molar-refractivity contribution < 1.29 is 27.8 Å². The molecular weight excluding hydrogens is 431 g/mol. The maximum atomic E-state index is 13.2. The number of amides is 1. The minimum absolute atomic E-state index is 0.0148. The molecule has 1 amide bonds. The third-order valence-electron chi connectivity index (χ3n) is 4.54. The first-order chi connectivity index (χ1) is 14.6. The van der Waals surface area contributed by atoms with Gasteiger partial charge in [-0.15, -0.1) is 0 Å². The van der Waals surface area contributed by atoms with Gasteiger partial charge in [0.05, 0.1) is 23.4 Å². The summed E-state index contributed by atoms with van der Waals surface area (Å²) in [5, 5.41) is 12.9. The van der Waals surface area contributed by atoms with Crippen LogP contribution in [-0.2, 0) is 12.6 Å². The Bertz CT molecular complexity index is 1100. The van der Waals surface area contributed by atoms with Crippen molar-refractivity contribution in [2.24, 2.45) is 0 Å². The number of hydrogen-bond acceptors (Lipinski definition) is 3. The van der Waals surface area contributed by atoms with E-state index in [1.54, 1.807) is 24.3 Å². The zero-order chi connectivity index (χ0) is 22.6. The Kier molecular flexibility index (Phi) is 6.75. The summed E-state index contributed by atoms with van der Waals surface area (Å²) in [6.45, 7) is 1.79. The fourth-order valence-electron chi connectivity index (χ4n) is 3.03. The lowest BCUT2D eigenvalue weighted by atomic mass is 10.0. The van der Waals surface area contributed by atoms with E-state index in [-0.39, 0.29) is 34.9 Å². The van der Waals surface area contributed by atoms with Crippen LogP contribution in [0.1, 0.15) is 27.0 Å². The van der Waals surface area contributed by atoms with Crippen LogP contribution in [0, 0.1) is 6.92 Å². The third-order valence-corrected chi connectivity index (χ3v) is 4.77. The van der Waals surface area contributed by atoms with Crippen LogP contribution in [0.25, 0.3) is 0 Å². The maximum absolute atomic E-state index is 13.2. The zero-order valence-corrected chi connectivity index (χ0v) is 17.2. The van der Waals surface area contributed by atoms with Crippen LogP contribution in [-0.4, -0.2) is 17.6 Å². The van der Waals surface area contributed by atoms with Gasteiger partial charge in [-0.25, -0.2) is 0 Å². The van der Waals surface area contributed by atoms with E-state index in [2.05, 4.69) is 5.32 Å². The average molecular weight is 450 g/mol. The fraction of sp³-hybridized carbons (Fsp3) is 0.174. The molecule has 0 aromatic heterocycles. The van der Waals surface area contributed by atoms with Crippen LogP contribution in [0.4, 0.5) is 18.9 Å². The molecule has 0 aliphatic heterocycles. The summed E-state index contributed by atoms with van der Waals surface area (Å²) in [6, 6.07) is 14.5. The van der Waals surface area contributed by atoms with Crippen LogP contribution in [0.3, 0.4) is 0 Å². The number of alkyl halides is 3. The van der Waals surface area contributed by atoms with E-state index in [1.165, 1.54) is 30.3 Å².